The summed E-state index contributed by atoms with van der Waals surface area (Å²) in [6.07, 6.45) is 2.65. The van der Waals surface area contributed by atoms with E-state index in [0.717, 1.165) is 11.4 Å². The lowest BCUT2D eigenvalue weighted by Gasteiger charge is -2.09. The van der Waals surface area contributed by atoms with Gasteiger partial charge in [-0.05, 0) is 18.4 Å². The molecule has 0 saturated carbocycles. The third kappa shape index (κ3) is 3.86. The smallest absolute Gasteiger partial charge is 0.370 e. The Morgan fingerprint density at radius 3 is 2.63 bits per heavy atom. The van der Waals surface area contributed by atoms with E-state index in [9.17, 15) is 9.59 Å². The van der Waals surface area contributed by atoms with E-state index >= 15 is 0 Å². The Morgan fingerprint density at radius 1 is 1.32 bits per heavy atom. The number of thioether (sulfide) groups is 1. The predicted molar refractivity (Wildman–Crippen MR) is 70.2 cm³/mol. The Hall–Kier alpha value is -1.24. The van der Waals surface area contributed by atoms with Crippen molar-refractivity contribution >= 4 is 29.4 Å². The van der Waals surface area contributed by atoms with Gasteiger partial charge in [-0.15, -0.1) is 0 Å². The third-order valence-electron chi connectivity index (χ3n) is 2.74. The second-order valence-electron chi connectivity index (χ2n) is 4.03. The molecule has 3 amide bonds. The molecule has 0 aromatic heterocycles. The van der Waals surface area contributed by atoms with E-state index in [0.29, 0.717) is 6.42 Å². The number of hydrogen-bond acceptors (Lipinski definition) is 3. The van der Waals surface area contributed by atoms with Crippen molar-refractivity contribution in [2.75, 3.05) is 12.0 Å². The first kappa shape index (κ1) is 15.8. The summed E-state index contributed by atoms with van der Waals surface area (Å²) in [6.45, 7) is 0. The van der Waals surface area contributed by atoms with Crippen molar-refractivity contribution in [3.63, 3.8) is 0 Å². The molecule has 7 heteroatoms. The molecule has 1 heterocycles. The van der Waals surface area contributed by atoms with Gasteiger partial charge in [0.1, 0.15) is 6.04 Å². The molecule has 1 saturated heterocycles. The minimum Gasteiger partial charge on any atom is -1.00 e. The molecule has 3 N–H and O–H groups in total. The van der Waals surface area contributed by atoms with Crippen LogP contribution in [0.15, 0.2) is 30.3 Å². The first-order valence-electron chi connectivity index (χ1n) is 5.75. The van der Waals surface area contributed by atoms with E-state index < -0.39 is 0 Å². The predicted octanol–water partition coefficient (Wildman–Crippen LogP) is -2.53. The molecule has 0 aliphatic carbocycles. The van der Waals surface area contributed by atoms with Gasteiger partial charge in [-0.2, -0.15) is 17.2 Å². The molecule has 1 unspecified atom stereocenters. The Morgan fingerprint density at radius 2 is 2.00 bits per heavy atom. The van der Waals surface area contributed by atoms with Crippen molar-refractivity contribution in [2.45, 2.75) is 12.5 Å². The molecule has 19 heavy (non-hydrogen) atoms. The quantitative estimate of drug-likeness (QED) is 0.273. The van der Waals surface area contributed by atoms with Crippen LogP contribution in [0.25, 0.3) is 0 Å². The first-order valence-corrected chi connectivity index (χ1v) is 7.14. The average Bonchev–Trinajstić information content (AvgIpc) is 2.65. The zero-order chi connectivity index (χ0) is 13.0. The second-order valence-corrected chi connectivity index (χ2v) is 5.02. The number of nitrogens with one attached hydrogen (secondary N) is 1. The van der Waals surface area contributed by atoms with Crippen molar-refractivity contribution in [3.8, 4) is 0 Å². The number of benzene rings is 1. The molecule has 0 spiro atoms. The van der Waals surface area contributed by atoms with E-state index in [1.54, 1.807) is 17.2 Å². The Bertz CT molecular complexity index is 444. The average molecular weight is 302 g/mol. The normalized spacial score (nSPS) is 18.2. The number of halogens is 1. The van der Waals surface area contributed by atoms with Crippen LogP contribution >= 0.6 is 11.8 Å². The van der Waals surface area contributed by atoms with Crippen LogP contribution in [0.4, 0.5) is 10.5 Å². The minimum absolute atomic E-state index is 0. The zero-order valence-electron chi connectivity index (χ0n) is 10.5. The molecule has 1 aromatic carbocycles. The molecule has 1 fully saturated rings. The number of amides is 3. The van der Waals surface area contributed by atoms with Gasteiger partial charge < -0.3 is 17.7 Å². The van der Waals surface area contributed by atoms with Crippen molar-refractivity contribution in [1.29, 1.82) is 0 Å². The monoisotopic (exact) mass is 301 g/mol. The van der Waals surface area contributed by atoms with Crippen LogP contribution in [0.2, 0.25) is 0 Å². The van der Waals surface area contributed by atoms with Crippen molar-refractivity contribution < 1.29 is 27.4 Å². The van der Waals surface area contributed by atoms with Gasteiger partial charge in [0.15, 0.2) is 5.69 Å². The molecular formula is C12H16ClN3O2S. The number of imide groups is 1. The fourth-order valence-electron chi connectivity index (χ4n) is 1.79. The van der Waals surface area contributed by atoms with E-state index in [4.69, 9.17) is 0 Å². The molecule has 0 bridgehead atoms. The van der Waals surface area contributed by atoms with Gasteiger partial charge in [0.2, 0.25) is 0 Å². The molecule has 2 rings (SSSR count). The second kappa shape index (κ2) is 7.37. The van der Waals surface area contributed by atoms with E-state index in [1.807, 2.05) is 36.6 Å². The van der Waals surface area contributed by atoms with Gasteiger partial charge >= 0.3 is 11.9 Å². The number of quaternary nitrogens is 1. The van der Waals surface area contributed by atoms with Crippen molar-refractivity contribution in [3.05, 3.63) is 30.3 Å². The maximum absolute atomic E-state index is 12.0. The van der Waals surface area contributed by atoms with Crippen LogP contribution in [0.5, 0.6) is 0 Å². The standard InChI is InChI=1S/C12H15N3O2S.ClH/c1-18-8-7-10-11(16)15(12(17)13-10)14-9-5-3-2-4-6-9;/h2-6,10,14H,7-8H2,1H3,(H,13,17);1H. The van der Waals surface area contributed by atoms with Gasteiger partial charge in [0.05, 0.1) is 0 Å². The number of carbonyl (C=O) groups is 2. The lowest BCUT2D eigenvalue weighted by atomic mass is 10.2. The van der Waals surface area contributed by atoms with Gasteiger partial charge in [-0.25, -0.2) is 4.79 Å². The third-order valence-corrected chi connectivity index (χ3v) is 3.38. The summed E-state index contributed by atoms with van der Waals surface area (Å²) in [7, 11) is 0. The van der Waals surface area contributed by atoms with Crippen LogP contribution in [0, 0.1) is 0 Å². The molecule has 1 atom stereocenters. The summed E-state index contributed by atoms with van der Waals surface area (Å²) < 4.78 is 0. The SMILES string of the molecule is CSCCC1NC(=O)N([NH2+]c2ccccc2)C1=O.[Cl-]. The molecule has 0 radical (unpaired) electrons. The van der Waals surface area contributed by atoms with Crippen LogP contribution in [-0.2, 0) is 4.79 Å². The maximum atomic E-state index is 12.0. The number of hydrogen-bond donors (Lipinski definition) is 2. The van der Waals surface area contributed by atoms with Crippen LogP contribution < -0.4 is 23.1 Å². The Balaban J connectivity index is 0.00000180. The summed E-state index contributed by atoms with van der Waals surface area (Å²) in [4.78, 5) is 23.7. The van der Waals surface area contributed by atoms with E-state index in [1.165, 1.54) is 5.01 Å². The molecule has 1 aliphatic rings. The highest BCUT2D eigenvalue weighted by molar-refractivity contribution is 7.98. The van der Waals surface area contributed by atoms with Crippen LogP contribution in [-0.4, -0.2) is 35.0 Å². The summed E-state index contributed by atoms with van der Waals surface area (Å²) in [5, 5.41) is 3.87. The number of carbonyl (C=O) groups excluding carboxylic acids is 2. The Kier molecular flexibility index (Phi) is 6.14. The lowest BCUT2D eigenvalue weighted by Crippen LogP contribution is -3.00. The number of rotatable bonds is 5. The highest BCUT2D eigenvalue weighted by Crippen LogP contribution is 2.09. The fourth-order valence-corrected chi connectivity index (χ4v) is 2.26. The topological polar surface area (TPSA) is 66.0 Å². The molecule has 1 aromatic rings. The van der Waals surface area contributed by atoms with E-state index in [2.05, 4.69) is 5.32 Å². The van der Waals surface area contributed by atoms with Gasteiger partial charge in [0.25, 0.3) is 0 Å². The number of nitrogens with two attached hydrogens (primary N) is 1. The number of urea groups is 1. The van der Waals surface area contributed by atoms with Gasteiger partial charge in [0, 0.05) is 12.1 Å². The molecule has 1 aliphatic heterocycles. The minimum atomic E-state index is -0.384. The van der Waals surface area contributed by atoms with Crippen molar-refractivity contribution in [2.24, 2.45) is 0 Å². The van der Waals surface area contributed by atoms with Gasteiger partial charge in [-0.3, -0.25) is 4.79 Å². The summed E-state index contributed by atoms with van der Waals surface area (Å²) in [5.74, 6) is 0.688. The summed E-state index contributed by atoms with van der Waals surface area (Å²) in [5.41, 5.74) is 2.42. The Labute approximate surface area is 122 Å². The largest absolute Gasteiger partial charge is 1.00 e. The molecule has 104 valence electrons. The fraction of sp³-hybridized carbons (Fsp3) is 0.333. The highest BCUT2D eigenvalue weighted by atomic mass is 35.5. The van der Waals surface area contributed by atoms with Gasteiger partial charge in [-0.1, -0.05) is 23.2 Å². The van der Waals surface area contributed by atoms with E-state index in [-0.39, 0.29) is 30.4 Å². The van der Waals surface area contributed by atoms with Crippen LogP contribution in [0.3, 0.4) is 0 Å². The molecular weight excluding hydrogens is 286 g/mol. The van der Waals surface area contributed by atoms with Crippen LogP contribution in [0.1, 0.15) is 6.42 Å². The maximum Gasteiger partial charge on any atom is 0.370 e. The summed E-state index contributed by atoms with van der Waals surface area (Å²) in [6, 6.07) is 8.63. The first-order chi connectivity index (χ1) is 8.72. The van der Waals surface area contributed by atoms with Crippen molar-refractivity contribution in [1.82, 2.24) is 10.3 Å². The summed E-state index contributed by atoms with van der Waals surface area (Å²) >= 11 is 1.66. The highest BCUT2D eigenvalue weighted by Gasteiger charge is 2.40. The lowest BCUT2D eigenvalue weighted by molar-refractivity contribution is -0.697. The zero-order valence-corrected chi connectivity index (χ0v) is 12.1. The number of nitrogens with zero attached hydrogens (tertiary/aromatic N) is 1. The molecule has 5 nitrogen and oxygen atoms in total.